The van der Waals surface area contributed by atoms with E-state index in [2.05, 4.69) is 15.1 Å². The SMILES string of the molecule is CCc1nn(-c2cc(C)ncn2)c(CC)c1C=O. The van der Waals surface area contributed by atoms with E-state index in [0.717, 1.165) is 36.2 Å². The van der Waals surface area contributed by atoms with Gasteiger partial charge in [-0.2, -0.15) is 5.10 Å². The highest BCUT2D eigenvalue weighted by Gasteiger charge is 2.16. The molecule has 0 spiro atoms. The third-order valence-corrected chi connectivity index (χ3v) is 2.89. The summed E-state index contributed by atoms with van der Waals surface area (Å²) in [5, 5.41) is 4.48. The maximum Gasteiger partial charge on any atom is 0.157 e. The lowest BCUT2D eigenvalue weighted by atomic mass is 10.1. The van der Waals surface area contributed by atoms with Gasteiger partial charge in [-0.1, -0.05) is 13.8 Å². The van der Waals surface area contributed by atoms with Gasteiger partial charge in [0.1, 0.15) is 6.33 Å². The molecule has 0 saturated carbocycles. The molecule has 0 bridgehead atoms. The molecule has 0 atom stereocenters. The summed E-state index contributed by atoms with van der Waals surface area (Å²) in [6.45, 7) is 5.90. The Morgan fingerprint density at radius 2 is 2.06 bits per heavy atom. The van der Waals surface area contributed by atoms with Crippen molar-refractivity contribution in [3.63, 3.8) is 0 Å². The minimum atomic E-state index is 0.691. The zero-order chi connectivity index (χ0) is 13.1. The molecule has 0 fully saturated rings. The maximum absolute atomic E-state index is 11.2. The van der Waals surface area contributed by atoms with Crippen molar-refractivity contribution in [1.29, 1.82) is 0 Å². The lowest BCUT2D eigenvalue weighted by Gasteiger charge is -2.05. The average Bonchev–Trinajstić information content (AvgIpc) is 2.76. The summed E-state index contributed by atoms with van der Waals surface area (Å²) in [6.07, 6.45) is 3.87. The molecule has 0 unspecified atom stereocenters. The van der Waals surface area contributed by atoms with Crippen LogP contribution in [0.15, 0.2) is 12.4 Å². The highest BCUT2D eigenvalue weighted by Crippen LogP contribution is 2.17. The zero-order valence-electron chi connectivity index (χ0n) is 10.8. The van der Waals surface area contributed by atoms with Crippen LogP contribution in [0.3, 0.4) is 0 Å². The number of carbonyl (C=O) groups is 1. The van der Waals surface area contributed by atoms with E-state index in [0.29, 0.717) is 11.4 Å². The van der Waals surface area contributed by atoms with E-state index >= 15 is 0 Å². The van der Waals surface area contributed by atoms with Crippen LogP contribution in [0.2, 0.25) is 0 Å². The van der Waals surface area contributed by atoms with Crippen LogP contribution in [0.4, 0.5) is 0 Å². The van der Waals surface area contributed by atoms with E-state index < -0.39 is 0 Å². The summed E-state index contributed by atoms with van der Waals surface area (Å²) in [7, 11) is 0. The molecule has 2 rings (SSSR count). The summed E-state index contributed by atoms with van der Waals surface area (Å²) >= 11 is 0. The monoisotopic (exact) mass is 244 g/mol. The van der Waals surface area contributed by atoms with Crippen LogP contribution in [-0.2, 0) is 12.8 Å². The first-order valence-corrected chi connectivity index (χ1v) is 6.06. The van der Waals surface area contributed by atoms with Crippen molar-refractivity contribution in [2.45, 2.75) is 33.6 Å². The number of nitrogens with zero attached hydrogens (tertiary/aromatic N) is 4. The second kappa shape index (κ2) is 5.08. The van der Waals surface area contributed by atoms with Gasteiger partial charge in [-0.15, -0.1) is 0 Å². The van der Waals surface area contributed by atoms with Gasteiger partial charge in [0.2, 0.25) is 0 Å². The second-order valence-electron chi connectivity index (χ2n) is 4.06. The van der Waals surface area contributed by atoms with Crippen LogP contribution in [0.5, 0.6) is 0 Å². The molecule has 0 amide bonds. The molecule has 0 aliphatic rings. The standard InChI is InChI=1S/C13H16N4O/c1-4-11-10(7-18)12(5-2)17(16-11)13-6-9(3)14-8-15-13/h6-8H,4-5H2,1-3H3. The first kappa shape index (κ1) is 12.4. The van der Waals surface area contributed by atoms with Crippen LogP contribution >= 0.6 is 0 Å². The number of carbonyl (C=O) groups excluding carboxylic acids is 1. The van der Waals surface area contributed by atoms with Crippen molar-refractivity contribution in [3.05, 3.63) is 35.0 Å². The van der Waals surface area contributed by atoms with E-state index in [9.17, 15) is 4.79 Å². The number of hydrogen-bond acceptors (Lipinski definition) is 4. The predicted molar refractivity (Wildman–Crippen MR) is 68.0 cm³/mol. The van der Waals surface area contributed by atoms with Crippen molar-refractivity contribution >= 4 is 6.29 Å². The number of aldehydes is 1. The molecule has 0 aliphatic heterocycles. The van der Waals surface area contributed by atoms with E-state index in [1.165, 1.54) is 6.33 Å². The van der Waals surface area contributed by atoms with Gasteiger partial charge in [-0.3, -0.25) is 4.79 Å². The van der Waals surface area contributed by atoms with Crippen LogP contribution in [0, 0.1) is 6.92 Å². The molecular weight excluding hydrogens is 228 g/mol. The largest absolute Gasteiger partial charge is 0.298 e. The Morgan fingerprint density at radius 1 is 1.28 bits per heavy atom. The molecule has 2 aromatic rings. The van der Waals surface area contributed by atoms with E-state index in [1.807, 2.05) is 26.8 Å². The Balaban J connectivity index is 2.63. The Labute approximate surface area is 106 Å². The van der Waals surface area contributed by atoms with Gasteiger partial charge in [0.05, 0.1) is 17.0 Å². The van der Waals surface area contributed by atoms with Gasteiger partial charge >= 0.3 is 0 Å². The maximum atomic E-state index is 11.2. The number of aryl methyl sites for hydroxylation is 2. The highest BCUT2D eigenvalue weighted by molar-refractivity contribution is 5.78. The average molecular weight is 244 g/mol. The Bertz CT molecular complexity index is 574. The van der Waals surface area contributed by atoms with Crippen LogP contribution < -0.4 is 0 Å². The molecule has 0 N–H and O–H groups in total. The number of hydrogen-bond donors (Lipinski definition) is 0. The molecule has 2 heterocycles. The first-order valence-electron chi connectivity index (χ1n) is 6.06. The first-order chi connectivity index (χ1) is 8.71. The Morgan fingerprint density at radius 3 is 2.61 bits per heavy atom. The fourth-order valence-electron chi connectivity index (χ4n) is 2.00. The summed E-state index contributed by atoms with van der Waals surface area (Å²) in [5.74, 6) is 0.710. The lowest BCUT2D eigenvalue weighted by Crippen LogP contribution is -2.05. The van der Waals surface area contributed by atoms with Crippen molar-refractivity contribution in [1.82, 2.24) is 19.7 Å². The smallest absolute Gasteiger partial charge is 0.157 e. The van der Waals surface area contributed by atoms with Crippen LogP contribution in [0.25, 0.3) is 5.82 Å². The van der Waals surface area contributed by atoms with Gasteiger partial charge in [0, 0.05) is 11.8 Å². The molecule has 0 aromatic carbocycles. The second-order valence-corrected chi connectivity index (χ2v) is 4.06. The van der Waals surface area contributed by atoms with E-state index in [-0.39, 0.29) is 0 Å². The van der Waals surface area contributed by atoms with Crippen molar-refractivity contribution in [2.24, 2.45) is 0 Å². The van der Waals surface area contributed by atoms with E-state index in [1.54, 1.807) is 4.68 Å². The highest BCUT2D eigenvalue weighted by atomic mass is 16.1. The normalized spacial score (nSPS) is 10.6. The molecule has 18 heavy (non-hydrogen) atoms. The fourth-order valence-corrected chi connectivity index (χ4v) is 2.00. The Kier molecular flexibility index (Phi) is 3.50. The molecule has 94 valence electrons. The van der Waals surface area contributed by atoms with Crippen LogP contribution in [-0.4, -0.2) is 26.0 Å². The summed E-state index contributed by atoms with van der Waals surface area (Å²) < 4.78 is 1.75. The molecule has 0 aliphatic carbocycles. The predicted octanol–water partition coefficient (Wildman–Crippen LogP) is 1.91. The molecule has 2 aromatic heterocycles. The molecule has 0 saturated heterocycles. The van der Waals surface area contributed by atoms with Gasteiger partial charge in [0.15, 0.2) is 12.1 Å². The quantitative estimate of drug-likeness (QED) is 0.771. The molecule has 0 radical (unpaired) electrons. The fraction of sp³-hybridized carbons (Fsp3) is 0.385. The number of rotatable bonds is 4. The molecule has 5 heteroatoms. The van der Waals surface area contributed by atoms with Gasteiger partial charge in [0.25, 0.3) is 0 Å². The summed E-state index contributed by atoms with van der Waals surface area (Å²) in [4.78, 5) is 19.5. The third-order valence-electron chi connectivity index (χ3n) is 2.89. The van der Waals surface area contributed by atoms with Crippen LogP contribution in [0.1, 0.15) is 41.3 Å². The van der Waals surface area contributed by atoms with Gasteiger partial charge in [-0.25, -0.2) is 14.6 Å². The zero-order valence-corrected chi connectivity index (χ0v) is 10.8. The minimum Gasteiger partial charge on any atom is -0.298 e. The molecular formula is C13H16N4O. The van der Waals surface area contributed by atoms with E-state index in [4.69, 9.17) is 0 Å². The number of aromatic nitrogens is 4. The topological polar surface area (TPSA) is 60.7 Å². The van der Waals surface area contributed by atoms with Gasteiger partial charge in [-0.05, 0) is 19.8 Å². The third kappa shape index (κ3) is 2.03. The van der Waals surface area contributed by atoms with Gasteiger partial charge < -0.3 is 0 Å². The van der Waals surface area contributed by atoms with Crippen molar-refractivity contribution < 1.29 is 4.79 Å². The van der Waals surface area contributed by atoms with Crippen molar-refractivity contribution in [3.8, 4) is 5.82 Å². The summed E-state index contributed by atoms with van der Waals surface area (Å²) in [6, 6.07) is 1.86. The summed E-state index contributed by atoms with van der Waals surface area (Å²) in [5.41, 5.74) is 3.29. The lowest BCUT2D eigenvalue weighted by molar-refractivity contribution is 0.112. The molecule has 5 nitrogen and oxygen atoms in total. The Hall–Kier alpha value is -2.04. The van der Waals surface area contributed by atoms with Crippen molar-refractivity contribution in [2.75, 3.05) is 0 Å². The minimum absolute atomic E-state index is 0.691.